The SMILES string of the molecule is O=C(C(Cl)Cl)N1CCCN(c2nc(Cc3ccc(F)cc3)ns2)CC1. The maximum Gasteiger partial charge on any atom is 0.255 e. The highest BCUT2D eigenvalue weighted by Crippen LogP contribution is 2.21. The van der Waals surface area contributed by atoms with E-state index in [-0.39, 0.29) is 11.7 Å². The van der Waals surface area contributed by atoms with Crippen molar-refractivity contribution in [3.8, 4) is 0 Å². The predicted octanol–water partition coefficient (Wildman–Crippen LogP) is 3.11. The highest BCUT2D eigenvalue weighted by molar-refractivity contribution is 7.09. The maximum absolute atomic E-state index is 13.0. The second-order valence-electron chi connectivity index (χ2n) is 5.76. The number of amides is 1. The summed E-state index contributed by atoms with van der Waals surface area (Å²) in [4.78, 5) is 19.3. The molecule has 0 saturated carbocycles. The summed E-state index contributed by atoms with van der Waals surface area (Å²) in [6, 6.07) is 6.34. The molecule has 1 fully saturated rings. The largest absolute Gasteiger partial charge is 0.345 e. The van der Waals surface area contributed by atoms with E-state index in [0.29, 0.717) is 31.9 Å². The molecule has 134 valence electrons. The van der Waals surface area contributed by atoms with Crippen molar-refractivity contribution in [2.75, 3.05) is 31.1 Å². The van der Waals surface area contributed by atoms with E-state index in [1.54, 1.807) is 17.0 Å². The van der Waals surface area contributed by atoms with E-state index < -0.39 is 4.84 Å². The molecule has 1 saturated heterocycles. The van der Waals surface area contributed by atoms with Crippen LogP contribution in [0.4, 0.5) is 9.52 Å². The highest BCUT2D eigenvalue weighted by atomic mass is 35.5. The van der Waals surface area contributed by atoms with Crippen molar-refractivity contribution in [2.24, 2.45) is 0 Å². The van der Waals surface area contributed by atoms with Gasteiger partial charge >= 0.3 is 0 Å². The van der Waals surface area contributed by atoms with E-state index in [0.717, 1.165) is 23.7 Å². The fourth-order valence-corrected chi connectivity index (χ4v) is 3.71. The van der Waals surface area contributed by atoms with Crippen LogP contribution in [0.5, 0.6) is 0 Å². The number of aromatic nitrogens is 2. The number of halogens is 3. The Morgan fingerprint density at radius 1 is 1.20 bits per heavy atom. The van der Waals surface area contributed by atoms with Gasteiger partial charge in [0.05, 0.1) is 0 Å². The van der Waals surface area contributed by atoms with Gasteiger partial charge in [0.2, 0.25) is 5.13 Å². The number of anilines is 1. The van der Waals surface area contributed by atoms with Crippen molar-refractivity contribution in [2.45, 2.75) is 17.7 Å². The minimum atomic E-state index is -1.02. The van der Waals surface area contributed by atoms with Crippen molar-refractivity contribution in [3.63, 3.8) is 0 Å². The molecular formula is C16H17Cl2FN4OS. The minimum absolute atomic E-state index is 0.251. The lowest BCUT2D eigenvalue weighted by Crippen LogP contribution is -2.38. The lowest BCUT2D eigenvalue weighted by Gasteiger charge is -2.21. The molecule has 0 unspecified atom stereocenters. The van der Waals surface area contributed by atoms with Crippen molar-refractivity contribution in [1.29, 1.82) is 0 Å². The Morgan fingerprint density at radius 2 is 1.96 bits per heavy atom. The van der Waals surface area contributed by atoms with Crippen LogP contribution in [0.1, 0.15) is 17.8 Å². The van der Waals surface area contributed by atoms with Crippen LogP contribution in [0, 0.1) is 5.82 Å². The molecular weight excluding hydrogens is 386 g/mol. The van der Waals surface area contributed by atoms with Crippen molar-refractivity contribution >= 4 is 45.8 Å². The van der Waals surface area contributed by atoms with Gasteiger partial charge in [0.1, 0.15) is 11.6 Å². The van der Waals surface area contributed by atoms with E-state index >= 15 is 0 Å². The number of carbonyl (C=O) groups excluding carboxylic acids is 1. The third-order valence-corrected chi connectivity index (χ3v) is 5.19. The Bertz CT molecular complexity index is 725. The smallest absolute Gasteiger partial charge is 0.255 e. The number of hydrogen-bond acceptors (Lipinski definition) is 5. The molecule has 2 heterocycles. The van der Waals surface area contributed by atoms with Crippen LogP contribution in [0.15, 0.2) is 24.3 Å². The topological polar surface area (TPSA) is 49.3 Å². The summed E-state index contributed by atoms with van der Waals surface area (Å²) in [5.74, 6) is 0.209. The molecule has 0 bridgehead atoms. The Kier molecular flexibility index (Phi) is 6.09. The first-order valence-corrected chi connectivity index (χ1v) is 9.56. The highest BCUT2D eigenvalue weighted by Gasteiger charge is 2.24. The summed E-state index contributed by atoms with van der Waals surface area (Å²) in [6.45, 7) is 2.65. The van der Waals surface area contributed by atoms with E-state index in [9.17, 15) is 9.18 Å². The second kappa shape index (κ2) is 8.29. The molecule has 0 aliphatic carbocycles. The third-order valence-electron chi connectivity index (χ3n) is 4.00. The lowest BCUT2D eigenvalue weighted by molar-refractivity contribution is -0.129. The number of rotatable bonds is 4. The quantitative estimate of drug-likeness (QED) is 0.737. The van der Waals surface area contributed by atoms with Crippen molar-refractivity contribution in [1.82, 2.24) is 14.3 Å². The molecule has 5 nitrogen and oxygen atoms in total. The number of benzene rings is 1. The normalized spacial score (nSPS) is 15.5. The van der Waals surface area contributed by atoms with Gasteiger partial charge in [0.15, 0.2) is 4.84 Å². The molecule has 1 aromatic carbocycles. The molecule has 9 heteroatoms. The monoisotopic (exact) mass is 402 g/mol. The average Bonchev–Trinajstić information content (AvgIpc) is 2.91. The Labute approximate surface area is 159 Å². The molecule has 1 aliphatic rings. The van der Waals surface area contributed by atoms with Gasteiger partial charge in [-0.1, -0.05) is 35.3 Å². The standard InChI is InChI=1S/C16H17Cl2FN4OS/c17-14(18)15(24)22-6-1-7-23(9-8-22)16-20-13(21-25-16)10-11-2-4-12(19)5-3-11/h2-5,14H,1,6-10H2. The van der Waals surface area contributed by atoms with Gasteiger partial charge in [0, 0.05) is 44.1 Å². The van der Waals surface area contributed by atoms with Gasteiger partial charge in [-0.3, -0.25) is 4.79 Å². The van der Waals surface area contributed by atoms with Crippen LogP contribution in [0.3, 0.4) is 0 Å². The zero-order valence-corrected chi connectivity index (χ0v) is 15.7. The summed E-state index contributed by atoms with van der Waals surface area (Å²) >= 11 is 12.7. The number of carbonyl (C=O) groups is 1. The van der Waals surface area contributed by atoms with E-state index in [2.05, 4.69) is 14.3 Å². The molecule has 1 aliphatic heterocycles. The van der Waals surface area contributed by atoms with Crippen molar-refractivity contribution < 1.29 is 9.18 Å². The summed E-state index contributed by atoms with van der Waals surface area (Å²) in [5, 5.41) is 0.833. The Hall–Kier alpha value is -1.44. The molecule has 1 amide bonds. The van der Waals surface area contributed by atoms with Gasteiger partial charge in [-0.25, -0.2) is 9.37 Å². The zero-order chi connectivity index (χ0) is 17.8. The second-order valence-corrected chi connectivity index (χ2v) is 7.59. The van der Waals surface area contributed by atoms with Crippen molar-refractivity contribution in [3.05, 3.63) is 41.5 Å². The first kappa shape index (κ1) is 18.4. The molecule has 25 heavy (non-hydrogen) atoms. The molecule has 0 atom stereocenters. The molecule has 1 aromatic heterocycles. The molecule has 2 aromatic rings. The van der Waals surface area contributed by atoms with Gasteiger partial charge < -0.3 is 9.80 Å². The fraction of sp³-hybridized carbons (Fsp3) is 0.438. The first-order chi connectivity index (χ1) is 12.0. The third kappa shape index (κ3) is 4.80. The first-order valence-electron chi connectivity index (χ1n) is 7.92. The summed E-state index contributed by atoms with van der Waals surface area (Å²) in [6.07, 6.45) is 1.38. The van der Waals surface area contributed by atoms with Crippen LogP contribution < -0.4 is 4.90 Å². The molecule has 0 spiro atoms. The minimum Gasteiger partial charge on any atom is -0.345 e. The number of nitrogens with zero attached hydrogens (tertiary/aromatic N) is 4. The molecule has 0 N–H and O–H groups in total. The van der Waals surface area contributed by atoms with Crippen LogP contribution >= 0.6 is 34.7 Å². The zero-order valence-electron chi connectivity index (χ0n) is 13.4. The van der Waals surface area contributed by atoms with Gasteiger partial charge in [-0.2, -0.15) is 4.37 Å². The van der Waals surface area contributed by atoms with Crippen LogP contribution in [-0.2, 0) is 11.2 Å². The Balaban J connectivity index is 1.62. The summed E-state index contributed by atoms with van der Waals surface area (Å²) in [5.41, 5.74) is 0.966. The Morgan fingerprint density at radius 3 is 2.68 bits per heavy atom. The molecule has 0 radical (unpaired) electrons. The van der Waals surface area contributed by atoms with Crippen LogP contribution in [0.25, 0.3) is 0 Å². The van der Waals surface area contributed by atoms with E-state index in [4.69, 9.17) is 23.2 Å². The predicted molar refractivity (Wildman–Crippen MR) is 98.0 cm³/mol. The summed E-state index contributed by atoms with van der Waals surface area (Å²) < 4.78 is 17.4. The fourth-order valence-electron chi connectivity index (χ4n) is 2.70. The van der Waals surface area contributed by atoms with Gasteiger partial charge in [-0.05, 0) is 24.1 Å². The maximum atomic E-state index is 13.0. The van der Waals surface area contributed by atoms with E-state index in [1.165, 1.54) is 23.7 Å². The van der Waals surface area contributed by atoms with Gasteiger partial charge in [-0.15, -0.1) is 0 Å². The molecule has 3 rings (SSSR count). The van der Waals surface area contributed by atoms with Gasteiger partial charge in [0.25, 0.3) is 5.91 Å². The average molecular weight is 403 g/mol. The van der Waals surface area contributed by atoms with Crippen LogP contribution in [-0.4, -0.2) is 51.2 Å². The lowest BCUT2D eigenvalue weighted by atomic mass is 10.1. The number of alkyl halides is 2. The van der Waals surface area contributed by atoms with E-state index in [1.807, 2.05) is 0 Å². The number of hydrogen-bond donors (Lipinski definition) is 0. The van der Waals surface area contributed by atoms with Crippen LogP contribution in [0.2, 0.25) is 0 Å². The summed E-state index contributed by atoms with van der Waals surface area (Å²) in [7, 11) is 0.